The summed E-state index contributed by atoms with van der Waals surface area (Å²) in [4.78, 5) is 35.6. The highest BCUT2D eigenvalue weighted by Crippen LogP contribution is 2.49. The number of esters is 1. The average Bonchev–Trinajstić information content (AvgIpc) is 2.83. The minimum Gasteiger partial charge on any atom is -0.490 e. The number of nitrogens with zero attached hydrogens (tertiary/aromatic N) is 1. The van der Waals surface area contributed by atoms with Gasteiger partial charge in [-0.25, -0.2) is 4.79 Å². The zero-order valence-electron chi connectivity index (χ0n) is 18.6. The number of carbonyl (C=O) groups is 2. The number of methoxy groups -OCH3 is 2. The van der Waals surface area contributed by atoms with Gasteiger partial charge in [-0.15, -0.1) is 0 Å². The molecule has 1 atom stereocenters. The Morgan fingerprint density at radius 3 is 2.15 bits per heavy atom. The van der Waals surface area contributed by atoms with Crippen molar-refractivity contribution in [1.29, 1.82) is 0 Å². The summed E-state index contributed by atoms with van der Waals surface area (Å²) in [6.45, 7) is 0. The number of carbonyl (C=O) groups excluding carboxylic acids is 2. The first-order valence-electron chi connectivity index (χ1n) is 9.65. The predicted octanol–water partition coefficient (Wildman–Crippen LogP) is 3.10. The molecule has 0 heterocycles. The van der Waals surface area contributed by atoms with E-state index in [-0.39, 0.29) is 29.6 Å². The highest BCUT2D eigenvalue weighted by atomic mass is 31.2. The zero-order chi connectivity index (χ0) is 24.6. The average molecular weight is 480 g/mol. The molecule has 1 N–H and O–H groups in total. The Labute approximate surface area is 190 Å². The summed E-state index contributed by atoms with van der Waals surface area (Å²) in [6.07, 6.45) is -0.00484. The Bertz CT molecular complexity index is 1050. The van der Waals surface area contributed by atoms with Crippen molar-refractivity contribution >= 4 is 25.2 Å². The van der Waals surface area contributed by atoms with Gasteiger partial charge in [0, 0.05) is 32.3 Å². The number of amides is 1. The van der Waals surface area contributed by atoms with Gasteiger partial charge in [-0.1, -0.05) is 18.2 Å². The molecule has 2 aromatic rings. The van der Waals surface area contributed by atoms with Crippen molar-refractivity contribution < 1.29 is 37.6 Å². The third kappa shape index (κ3) is 6.85. The van der Waals surface area contributed by atoms with Gasteiger partial charge in [0.15, 0.2) is 5.75 Å². The molecule has 0 saturated heterocycles. The summed E-state index contributed by atoms with van der Waals surface area (Å²) in [5.41, 5.74) is 1.06. The smallest absolute Gasteiger partial charge is 0.334 e. The van der Waals surface area contributed by atoms with Crippen LogP contribution >= 0.6 is 7.60 Å². The van der Waals surface area contributed by atoms with Crippen molar-refractivity contribution in [2.75, 3.05) is 28.4 Å². The predicted molar refractivity (Wildman–Crippen MR) is 118 cm³/mol. The summed E-state index contributed by atoms with van der Waals surface area (Å²) < 4.78 is 31.8. The molecule has 0 radical (unpaired) electrons. The summed E-state index contributed by atoms with van der Waals surface area (Å²) in [5, 5.41) is 13.8. The maximum absolute atomic E-state index is 12.7. The van der Waals surface area contributed by atoms with Crippen molar-refractivity contribution in [3.63, 3.8) is 0 Å². The van der Waals surface area contributed by atoms with Crippen LogP contribution < -0.4 is 10.1 Å². The molecule has 0 saturated carbocycles. The van der Waals surface area contributed by atoms with Crippen LogP contribution in [0.2, 0.25) is 0 Å². The minimum atomic E-state index is -3.26. The van der Waals surface area contributed by atoms with Crippen LogP contribution in [0.4, 0.5) is 5.69 Å². The molecule has 0 aliphatic carbocycles. The van der Waals surface area contributed by atoms with E-state index in [1.807, 2.05) is 0 Å². The number of ether oxygens (including phenoxy) is 2. The Balaban J connectivity index is 2.18. The van der Waals surface area contributed by atoms with E-state index in [1.165, 1.54) is 52.7 Å². The first-order valence-corrected chi connectivity index (χ1v) is 11.4. The van der Waals surface area contributed by atoms with Gasteiger partial charge in [-0.05, 0) is 29.3 Å². The van der Waals surface area contributed by atoms with Crippen LogP contribution in [-0.2, 0) is 35.7 Å². The van der Waals surface area contributed by atoms with Crippen LogP contribution in [0.5, 0.6) is 5.75 Å². The van der Waals surface area contributed by atoms with Crippen molar-refractivity contribution in [2.45, 2.75) is 18.6 Å². The van der Waals surface area contributed by atoms with Gasteiger partial charge < -0.3 is 23.8 Å². The van der Waals surface area contributed by atoms with Crippen LogP contribution in [0.3, 0.4) is 0 Å². The van der Waals surface area contributed by atoms with Gasteiger partial charge in [0.1, 0.15) is 6.04 Å². The fourth-order valence-corrected chi connectivity index (χ4v) is 4.07. The lowest BCUT2D eigenvalue weighted by Gasteiger charge is -2.17. The molecule has 2 aromatic carbocycles. The molecule has 0 aliphatic rings. The Kier molecular flexibility index (Phi) is 9.10. The molecule has 0 aliphatic heterocycles. The number of nitrogens with one attached hydrogen (secondary N) is 1. The maximum Gasteiger partial charge on any atom is 0.334 e. The second kappa shape index (κ2) is 11.6. The summed E-state index contributed by atoms with van der Waals surface area (Å²) in [7, 11) is 1.81. The van der Waals surface area contributed by atoms with Gasteiger partial charge in [-0.2, -0.15) is 0 Å². The van der Waals surface area contributed by atoms with E-state index >= 15 is 0 Å². The second-order valence-corrected chi connectivity index (χ2v) is 9.12. The van der Waals surface area contributed by atoms with Gasteiger partial charge >= 0.3 is 19.3 Å². The zero-order valence-corrected chi connectivity index (χ0v) is 19.5. The fraction of sp³-hybridized carbons (Fsp3) is 0.333. The van der Waals surface area contributed by atoms with E-state index in [9.17, 15) is 24.3 Å². The molecule has 178 valence electrons. The molecule has 2 rings (SSSR count). The molecule has 0 aromatic heterocycles. The van der Waals surface area contributed by atoms with E-state index in [0.717, 1.165) is 0 Å². The summed E-state index contributed by atoms with van der Waals surface area (Å²) in [6, 6.07) is 9.38. The van der Waals surface area contributed by atoms with E-state index in [0.29, 0.717) is 11.1 Å². The molecular formula is C21H25N2O9P. The number of benzene rings is 2. The first kappa shape index (κ1) is 26.0. The number of hydrogen-bond acceptors (Lipinski definition) is 9. The number of rotatable bonds is 11. The molecule has 0 spiro atoms. The van der Waals surface area contributed by atoms with E-state index in [2.05, 4.69) is 5.32 Å². The van der Waals surface area contributed by atoms with Crippen LogP contribution in [0, 0.1) is 10.1 Å². The molecule has 12 heteroatoms. The lowest BCUT2D eigenvalue weighted by atomic mass is 10.0. The summed E-state index contributed by atoms with van der Waals surface area (Å²) in [5.74, 6) is -1.19. The monoisotopic (exact) mass is 480 g/mol. The molecule has 33 heavy (non-hydrogen) atoms. The highest BCUT2D eigenvalue weighted by molar-refractivity contribution is 7.52. The second-order valence-electron chi connectivity index (χ2n) is 6.85. The van der Waals surface area contributed by atoms with Gasteiger partial charge in [0.05, 0.1) is 25.3 Å². The van der Waals surface area contributed by atoms with Gasteiger partial charge in [-0.3, -0.25) is 19.5 Å². The third-order valence-electron chi connectivity index (χ3n) is 4.82. The minimum absolute atomic E-state index is 0.0307. The molecule has 0 fully saturated rings. The van der Waals surface area contributed by atoms with Crippen LogP contribution in [-0.4, -0.2) is 51.3 Å². The lowest BCUT2D eigenvalue weighted by molar-refractivity contribution is -0.385. The molecular weight excluding hydrogens is 455 g/mol. The molecule has 11 nitrogen and oxygen atoms in total. The number of hydrogen-bond donors (Lipinski definition) is 1. The van der Waals surface area contributed by atoms with Gasteiger partial charge in [0.25, 0.3) is 5.91 Å². The standard InChI is InChI=1S/C21H25N2O9P/c1-29-19-10-7-15(12-18(19)23(26)27)11-17(21(25)30-2)22-20(24)16-8-5-14(6-9-16)13-33(28,31-3)32-4/h5-10,12,17H,11,13H2,1-4H3,(H,22,24)/t17-/m0/s1. The Hall–Kier alpha value is -3.27. The van der Waals surface area contributed by atoms with Crippen LogP contribution in [0.25, 0.3) is 0 Å². The van der Waals surface area contributed by atoms with Crippen molar-refractivity contribution in [2.24, 2.45) is 0 Å². The quantitative estimate of drug-likeness (QED) is 0.222. The van der Waals surface area contributed by atoms with Crippen molar-refractivity contribution in [3.05, 3.63) is 69.3 Å². The lowest BCUT2D eigenvalue weighted by Crippen LogP contribution is -2.43. The third-order valence-corrected chi connectivity index (χ3v) is 6.68. The van der Waals surface area contributed by atoms with Crippen LogP contribution in [0.1, 0.15) is 21.5 Å². The highest BCUT2D eigenvalue weighted by Gasteiger charge is 2.25. The molecule has 0 bridgehead atoms. The first-order chi connectivity index (χ1) is 15.7. The summed E-state index contributed by atoms with van der Waals surface area (Å²) >= 11 is 0. The number of nitro groups is 1. The topological polar surface area (TPSA) is 143 Å². The Morgan fingerprint density at radius 1 is 1.03 bits per heavy atom. The van der Waals surface area contributed by atoms with E-state index in [1.54, 1.807) is 18.2 Å². The number of nitro benzene ring substituents is 1. The van der Waals surface area contributed by atoms with Crippen molar-refractivity contribution in [3.8, 4) is 5.75 Å². The largest absolute Gasteiger partial charge is 0.490 e. The van der Waals surface area contributed by atoms with E-state index in [4.69, 9.17) is 18.5 Å². The van der Waals surface area contributed by atoms with Crippen LogP contribution in [0.15, 0.2) is 42.5 Å². The molecule has 0 unspecified atom stereocenters. The normalized spacial score (nSPS) is 12.0. The molecule has 1 amide bonds. The SMILES string of the molecule is COC(=O)[C@H](Cc1ccc(OC)c([N+](=O)[O-])c1)NC(=O)c1ccc(CP(=O)(OC)OC)cc1. The van der Waals surface area contributed by atoms with E-state index < -0.39 is 30.4 Å². The fourth-order valence-electron chi connectivity index (χ4n) is 3.01. The Morgan fingerprint density at radius 2 is 1.64 bits per heavy atom. The van der Waals surface area contributed by atoms with Gasteiger partial charge in [0.2, 0.25) is 0 Å². The van der Waals surface area contributed by atoms with Crippen molar-refractivity contribution in [1.82, 2.24) is 5.32 Å². The maximum atomic E-state index is 12.7.